The minimum Gasteiger partial charge on any atom is -0.462 e. The predicted molar refractivity (Wildman–Crippen MR) is 260 cm³/mol. The third kappa shape index (κ3) is 47.0. The molecule has 6 heteroatoms. The van der Waals surface area contributed by atoms with E-state index < -0.39 is 6.10 Å². The highest BCUT2D eigenvalue weighted by Gasteiger charge is 2.19. The van der Waals surface area contributed by atoms with Crippen molar-refractivity contribution in [3.8, 4) is 0 Å². The van der Waals surface area contributed by atoms with Crippen LogP contribution in [0.5, 0.6) is 0 Å². The molecule has 0 aromatic heterocycles. The molecular weight excluding hydrogens is 757 g/mol. The Hall–Kier alpha value is -3.93. The number of carbonyl (C=O) groups is 3. The summed E-state index contributed by atoms with van der Waals surface area (Å²) in [4.78, 5) is 37.9. The van der Waals surface area contributed by atoms with Crippen LogP contribution in [0.25, 0.3) is 0 Å². The van der Waals surface area contributed by atoms with Gasteiger partial charge in [-0.2, -0.15) is 0 Å². The van der Waals surface area contributed by atoms with Crippen molar-refractivity contribution in [3.05, 3.63) is 109 Å². The van der Waals surface area contributed by atoms with Gasteiger partial charge < -0.3 is 14.2 Å². The maximum atomic E-state index is 12.8. The van der Waals surface area contributed by atoms with Gasteiger partial charge in [-0.25, -0.2) is 0 Å². The highest BCUT2D eigenvalue weighted by molar-refractivity contribution is 5.71. The average Bonchev–Trinajstić information content (AvgIpc) is 3.26. The van der Waals surface area contributed by atoms with Gasteiger partial charge >= 0.3 is 17.9 Å². The molecule has 0 aliphatic carbocycles. The van der Waals surface area contributed by atoms with Gasteiger partial charge in [0.1, 0.15) is 13.2 Å². The summed E-state index contributed by atoms with van der Waals surface area (Å²) < 4.78 is 16.7. The lowest BCUT2D eigenvalue weighted by molar-refractivity contribution is -0.167. The molecular formula is C55H88O6. The predicted octanol–water partition coefficient (Wildman–Crippen LogP) is 16.0. The molecule has 0 rings (SSSR count). The van der Waals surface area contributed by atoms with Crippen LogP contribution in [-0.4, -0.2) is 37.2 Å². The molecule has 0 aliphatic heterocycles. The second-order valence-corrected chi connectivity index (χ2v) is 15.8. The maximum absolute atomic E-state index is 12.8. The number of rotatable bonds is 42. The zero-order chi connectivity index (χ0) is 44.4. The Bertz CT molecular complexity index is 1290. The van der Waals surface area contributed by atoms with Crippen LogP contribution in [0.3, 0.4) is 0 Å². The molecule has 1 atom stereocenters. The van der Waals surface area contributed by atoms with E-state index in [9.17, 15) is 14.4 Å². The summed E-state index contributed by atoms with van der Waals surface area (Å²) in [5, 5.41) is 0. The number of hydrogen-bond donors (Lipinski definition) is 0. The molecule has 1 unspecified atom stereocenters. The summed E-state index contributed by atoms with van der Waals surface area (Å²) in [5.41, 5.74) is 0. The first kappa shape index (κ1) is 57.1. The smallest absolute Gasteiger partial charge is 0.306 e. The number of hydrogen-bond acceptors (Lipinski definition) is 6. The second-order valence-electron chi connectivity index (χ2n) is 15.8. The lowest BCUT2D eigenvalue weighted by Crippen LogP contribution is -2.30. The second kappa shape index (κ2) is 48.7. The standard InChI is InChI=1S/C55H88O6/c1-4-7-10-13-16-19-22-25-27-30-33-36-39-42-45-48-54(57)60-51-52(50-59-53(56)47-44-41-38-35-32-29-24-21-18-15-12-9-6-3)61-55(58)49-46-43-40-37-34-31-28-26-23-20-17-14-11-8-5-2/h7,9-10,12-13,15-27,52H,4-6,8,11,14,28-51H2,1-3H3/b10-7-,12-9-,16-13-,18-15-,20-17-,22-19-,24-21-,26-23-,27-25-. The van der Waals surface area contributed by atoms with Crippen molar-refractivity contribution in [3.63, 3.8) is 0 Å². The molecule has 0 fully saturated rings. The topological polar surface area (TPSA) is 78.9 Å². The van der Waals surface area contributed by atoms with Crippen molar-refractivity contribution in [1.29, 1.82) is 0 Å². The van der Waals surface area contributed by atoms with E-state index in [1.54, 1.807) is 0 Å². The molecule has 0 radical (unpaired) electrons. The number of allylic oxidation sites excluding steroid dienone is 18. The molecule has 0 saturated carbocycles. The largest absolute Gasteiger partial charge is 0.462 e. The van der Waals surface area contributed by atoms with E-state index in [4.69, 9.17) is 14.2 Å². The molecule has 0 spiro atoms. The van der Waals surface area contributed by atoms with Gasteiger partial charge in [0, 0.05) is 19.3 Å². The molecule has 0 aromatic carbocycles. The lowest BCUT2D eigenvalue weighted by atomic mass is 10.1. The van der Waals surface area contributed by atoms with Crippen molar-refractivity contribution in [2.75, 3.05) is 13.2 Å². The van der Waals surface area contributed by atoms with Crippen LogP contribution in [0, 0.1) is 0 Å². The van der Waals surface area contributed by atoms with Gasteiger partial charge in [0.2, 0.25) is 0 Å². The van der Waals surface area contributed by atoms with Gasteiger partial charge in [-0.1, -0.05) is 207 Å². The molecule has 61 heavy (non-hydrogen) atoms. The maximum Gasteiger partial charge on any atom is 0.306 e. The minimum atomic E-state index is -0.804. The summed E-state index contributed by atoms with van der Waals surface area (Å²) in [6, 6.07) is 0. The number of unbranched alkanes of at least 4 members (excludes halogenated alkanes) is 19. The van der Waals surface area contributed by atoms with Gasteiger partial charge in [0.05, 0.1) is 0 Å². The van der Waals surface area contributed by atoms with Crippen LogP contribution < -0.4 is 0 Å². The Labute approximate surface area is 374 Å². The van der Waals surface area contributed by atoms with Crippen molar-refractivity contribution < 1.29 is 28.6 Å². The normalized spacial score (nSPS) is 13.0. The number of esters is 3. The van der Waals surface area contributed by atoms with Crippen LogP contribution in [0.2, 0.25) is 0 Å². The fourth-order valence-corrected chi connectivity index (χ4v) is 6.26. The van der Waals surface area contributed by atoms with E-state index in [-0.39, 0.29) is 31.1 Å². The molecule has 0 aliphatic rings. The van der Waals surface area contributed by atoms with E-state index in [0.717, 1.165) is 122 Å². The van der Waals surface area contributed by atoms with E-state index in [2.05, 4.69) is 106 Å². The van der Waals surface area contributed by atoms with Crippen molar-refractivity contribution in [2.24, 2.45) is 0 Å². The molecule has 0 amide bonds. The van der Waals surface area contributed by atoms with Gasteiger partial charge in [-0.05, 0) is 83.5 Å². The Morgan fingerprint density at radius 2 is 0.639 bits per heavy atom. The zero-order valence-corrected chi connectivity index (χ0v) is 39.1. The van der Waals surface area contributed by atoms with Gasteiger partial charge in [-0.3, -0.25) is 14.4 Å². The van der Waals surface area contributed by atoms with Crippen LogP contribution in [0.1, 0.15) is 201 Å². The average molecular weight is 845 g/mol. The van der Waals surface area contributed by atoms with Crippen LogP contribution in [0.4, 0.5) is 0 Å². The van der Waals surface area contributed by atoms with Crippen molar-refractivity contribution >= 4 is 17.9 Å². The summed E-state index contributed by atoms with van der Waals surface area (Å²) in [6.07, 6.45) is 64.9. The van der Waals surface area contributed by atoms with Gasteiger partial charge in [-0.15, -0.1) is 0 Å². The van der Waals surface area contributed by atoms with Gasteiger partial charge in [0.15, 0.2) is 6.10 Å². The lowest BCUT2D eigenvalue weighted by Gasteiger charge is -2.18. The van der Waals surface area contributed by atoms with E-state index >= 15 is 0 Å². The summed E-state index contributed by atoms with van der Waals surface area (Å²) in [6.45, 7) is 6.27. The Morgan fingerprint density at radius 1 is 0.344 bits per heavy atom. The third-order valence-corrected chi connectivity index (χ3v) is 9.93. The van der Waals surface area contributed by atoms with E-state index in [1.165, 1.54) is 38.5 Å². The monoisotopic (exact) mass is 845 g/mol. The first-order valence-electron chi connectivity index (χ1n) is 24.5. The molecule has 0 N–H and O–H groups in total. The highest BCUT2D eigenvalue weighted by Crippen LogP contribution is 2.13. The third-order valence-electron chi connectivity index (χ3n) is 9.93. The van der Waals surface area contributed by atoms with Crippen LogP contribution >= 0.6 is 0 Å². The zero-order valence-electron chi connectivity index (χ0n) is 39.1. The van der Waals surface area contributed by atoms with Crippen molar-refractivity contribution in [1.82, 2.24) is 0 Å². The molecule has 0 heterocycles. The summed E-state index contributed by atoms with van der Waals surface area (Å²) in [7, 11) is 0. The molecule has 0 saturated heterocycles. The Balaban J connectivity index is 4.50. The van der Waals surface area contributed by atoms with Crippen LogP contribution in [-0.2, 0) is 28.6 Å². The fourth-order valence-electron chi connectivity index (χ4n) is 6.26. The molecule has 6 nitrogen and oxygen atoms in total. The van der Waals surface area contributed by atoms with Crippen LogP contribution in [0.15, 0.2) is 109 Å². The quantitative estimate of drug-likeness (QED) is 0.0264. The summed E-state index contributed by atoms with van der Waals surface area (Å²) in [5.74, 6) is -0.966. The SMILES string of the molecule is CC\C=C/C=C\C=C/C=C\CCCCCCCC(=O)OCC(COC(=O)CCCCCCC\C=C/C=C\C=C/CC)OC(=O)CCCCCCCC/C=C\C=C/CCCCC. The minimum absolute atomic E-state index is 0.104. The van der Waals surface area contributed by atoms with Crippen molar-refractivity contribution in [2.45, 2.75) is 207 Å². The first-order chi connectivity index (χ1) is 30.0. The fraction of sp³-hybridized carbons (Fsp3) is 0.618. The van der Waals surface area contributed by atoms with Gasteiger partial charge in [0.25, 0.3) is 0 Å². The Kier molecular flexibility index (Phi) is 45.6. The van der Waals surface area contributed by atoms with E-state index in [0.29, 0.717) is 19.3 Å². The molecule has 0 aromatic rings. The molecule has 0 bridgehead atoms. The first-order valence-corrected chi connectivity index (χ1v) is 24.5. The highest BCUT2D eigenvalue weighted by atomic mass is 16.6. The molecule has 344 valence electrons. The Morgan fingerprint density at radius 3 is 1.02 bits per heavy atom. The van der Waals surface area contributed by atoms with E-state index in [1.807, 2.05) is 24.3 Å². The number of carbonyl (C=O) groups excluding carboxylic acids is 3. The number of ether oxygens (including phenoxy) is 3. The summed E-state index contributed by atoms with van der Waals surface area (Å²) >= 11 is 0.